The Morgan fingerprint density at radius 3 is 2.02 bits per heavy atom. The van der Waals surface area contributed by atoms with Crippen molar-refractivity contribution < 1.29 is 0 Å². The molecule has 4 heteroatoms. The molecule has 3 heterocycles. The summed E-state index contributed by atoms with van der Waals surface area (Å²) in [6.45, 7) is 0. The van der Waals surface area contributed by atoms with E-state index in [2.05, 4.69) is 144 Å². The molecule has 10 rings (SSSR count). The van der Waals surface area contributed by atoms with Crippen molar-refractivity contribution in [3.8, 4) is 28.2 Å². The molecule has 0 saturated heterocycles. The predicted octanol–water partition coefficient (Wildman–Crippen LogP) is 11.6. The highest BCUT2D eigenvalue weighted by molar-refractivity contribution is 7.26. The number of nitrogens with zero attached hydrogens (tertiary/aromatic N) is 3. The molecule has 7 aromatic carbocycles. The fraction of sp³-hybridized carbons (Fsp3) is 0. The molecule has 0 aliphatic heterocycles. The van der Waals surface area contributed by atoms with Crippen LogP contribution in [0, 0.1) is 0 Å². The predicted molar refractivity (Wildman–Crippen MR) is 195 cm³/mol. The van der Waals surface area contributed by atoms with Gasteiger partial charge >= 0.3 is 0 Å². The molecule has 0 amide bonds. The summed E-state index contributed by atoms with van der Waals surface area (Å²) in [5.74, 6) is 0.831. The van der Waals surface area contributed by atoms with E-state index in [0.717, 1.165) is 50.3 Å². The minimum atomic E-state index is 0.831. The first-order chi connectivity index (χ1) is 22.8. The van der Waals surface area contributed by atoms with Crippen LogP contribution >= 0.6 is 11.3 Å². The van der Waals surface area contributed by atoms with Gasteiger partial charge in [0.15, 0.2) is 5.82 Å². The molecule has 3 aromatic heterocycles. The summed E-state index contributed by atoms with van der Waals surface area (Å²) in [5.41, 5.74) is 8.20. The maximum absolute atomic E-state index is 5.41. The fourth-order valence-corrected chi connectivity index (χ4v) is 8.27. The lowest BCUT2D eigenvalue weighted by Gasteiger charge is -2.16. The Labute approximate surface area is 268 Å². The van der Waals surface area contributed by atoms with Gasteiger partial charge in [-0.25, -0.2) is 9.97 Å². The molecule has 10 aromatic rings. The van der Waals surface area contributed by atoms with Crippen LogP contribution in [0.2, 0.25) is 0 Å². The summed E-state index contributed by atoms with van der Waals surface area (Å²) >= 11 is 1.87. The van der Waals surface area contributed by atoms with Crippen LogP contribution in [0.3, 0.4) is 0 Å². The van der Waals surface area contributed by atoms with E-state index in [9.17, 15) is 0 Å². The van der Waals surface area contributed by atoms with Crippen LogP contribution in [0.15, 0.2) is 152 Å². The number of thiophene rings is 1. The second-order valence-corrected chi connectivity index (χ2v) is 12.9. The molecule has 0 unspecified atom stereocenters. The SMILES string of the molecule is c1ccc(-c2ccccc2-c2nc3ccccc3nc2-n2c3ccccc3c3cc4sc5ccc6ccccc6c5c4cc32)cc1. The van der Waals surface area contributed by atoms with Gasteiger partial charge < -0.3 is 0 Å². The second kappa shape index (κ2) is 9.83. The summed E-state index contributed by atoms with van der Waals surface area (Å²) in [6, 6.07) is 54.0. The zero-order chi connectivity index (χ0) is 30.2. The lowest BCUT2D eigenvalue weighted by atomic mass is 9.97. The molecule has 0 N–H and O–H groups in total. The minimum absolute atomic E-state index is 0.831. The van der Waals surface area contributed by atoms with Gasteiger partial charge in [-0.3, -0.25) is 4.57 Å². The normalized spacial score (nSPS) is 11.9. The Hall–Kier alpha value is -5.84. The van der Waals surface area contributed by atoms with E-state index in [1.54, 1.807) is 0 Å². The average molecular weight is 604 g/mol. The van der Waals surface area contributed by atoms with E-state index >= 15 is 0 Å². The van der Waals surface area contributed by atoms with Crippen molar-refractivity contribution in [2.24, 2.45) is 0 Å². The van der Waals surface area contributed by atoms with Gasteiger partial charge in [0, 0.05) is 36.5 Å². The van der Waals surface area contributed by atoms with Gasteiger partial charge in [0.05, 0.1) is 22.1 Å². The topological polar surface area (TPSA) is 30.7 Å². The van der Waals surface area contributed by atoms with E-state index in [1.165, 1.54) is 41.7 Å². The molecule has 0 saturated carbocycles. The number of hydrogen-bond donors (Lipinski definition) is 0. The Morgan fingerprint density at radius 2 is 1.15 bits per heavy atom. The van der Waals surface area contributed by atoms with Crippen molar-refractivity contribution in [1.82, 2.24) is 14.5 Å². The Kier molecular flexibility index (Phi) is 5.45. The van der Waals surface area contributed by atoms with Gasteiger partial charge in [0.1, 0.15) is 5.69 Å². The Bertz CT molecular complexity index is 2810. The number of rotatable bonds is 3. The third kappa shape index (κ3) is 3.71. The molecule has 0 aliphatic rings. The van der Waals surface area contributed by atoms with Crippen LogP contribution < -0.4 is 0 Å². The van der Waals surface area contributed by atoms with Gasteiger partial charge in [-0.05, 0) is 58.3 Å². The zero-order valence-electron chi connectivity index (χ0n) is 24.7. The van der Waals surface area contributed by atoms with E-state index in [0.29, 0.717) is 0 Å². The molecule has 0 radical (unpaired) electrons. The number of aromatic nitrogens is 3. The van der Waals surface area contributed by atoms with Gasteiger partial charge in [-0.15, -0.1) is 11.3 Å². The monoisotopic (exact) mass is 603 g/mol. The molecule has 0 bridgehead atoms. The van der Waals surface area contributed by atoms with Crippen LogP contribution in [0.4, 0.5) is 0 Å². The van der Waals surface area contributed by atoms with E-state index in [-0.39, 0.29) is 0 Å². The van der Waals surface area contributed by atoms with E-state index in [4.69, 9.17) is 9.97 Å². The highest BCUT2D eigenvalue weighted by Crippen LogP contribution is 2.44. The summed E-state index contributed by atoms with van der Waals surface area (Å²) in [5, 5.41) is 7.56. The molecule has 214 valence electrons. The third-order valence-corrected chi connectivity index (χ3v) is 10.3. The maximum atomic E-state index is 5.41. The summed E-state index contributed by atoms with van der Waals surface area (Å²) < 4.78 is 4.94. The molecule has 0 atom stereocenters. The fourth-order valence-electron chi connectivity index (χ4n) is 7.12. The van der Waals surface area contributed by atoms with Crippen LogP contribution in [0.1, 0.15) is 0 Å². The largest absolute Gasteiger partial charge is 0.292 e. The number of fused-ring (bicyclic) bond motifs is 9. The lowest BCUT2D eigenvalue weighted by molar-refractivity contribution is 1.08. The van der Waals surface area contributed by atoms with Crippen LogP contribution in [-0.4, -0.2) is 14.5 Å². The summed E-state index contributed by atoms with van der Waals surface area (Å²) in [6.07, 6.45) is 0. The first-order valence-electron chi connectivity index (χ1n) is 15.5. The Morgan fingerprint density at radius 1 is 0.457 bits per heavy atom. The van der Waals surface area contributed by atoms with Crippen molar-refractivity contribution in [1.29, 1.82) is 0 Å². The number of benzene rings is 7. The van der Waals surface area contributed by atoms with Crippen LogP contribution in [-0.2, 0) is 0 Å². The lowest BCUT2D eigenvalue weighted by Crippen LogP contribution is -2.04. The van der Waals surface area contributed by atoms with E-state index in [1.807, 2.05) is 23.5 Å². The van der Waals surface area contributed by atoms with Crippen molar-refractivity contribution in [2.75, 3.05) is 0 Å². The average Bonchev–Trinajstić information content (AvgIpc) is 3.65. The van der Waals surface area contributed by atoms with Gasteiger partial charge in [0.25, 0.3) is 0 Å². The maximum Gasteiger partial charge on any atom is 0.165 e. The zero-order valence-corrected chi connectivity index (χ0v) is 25.5. The molecular formula is C42H25N3S. The molecule has 3 nitrogen and oxygen atoms in total. The molecule has 0 spiro atoms. The first-order valence-corrected chi connectivity index (χ1v) is 16.3. The second-order valence-electron chi connectivity index (χ2n) is 11.8. The Balaban J connectivity index is 1.36. The molecular weight excluding hydrogens is 579 g/mol. The quantitative estimate of drug-likeness (QED) is 0.201. The highest BCUT2D eigenvalue weighted by Gasteiger charge is 2.22. The van der Waals surface area contributed by atoms with E-state index < -0.39 is 0 Å². The highest BCUT2D eigenvalue weighted by atomic mass is 32.1. The molecule has 0 fully saturated rings. The van der Waals surface area contributed by atoms with Crippen molar-refractivity contribution >= 4 is 75.1 Å². The standard InChI is InChI=1S/C42H25N3S/c1-2-12-26(13-3-1)28-15-6-7-18-31(28)41-42(44-35-20-10-9-19-34(35)43-41)45-36-21-11-8-17-30(36)32-25-39-33(24-37(32)45)40-29-16-5-4-14-27(29)22-23-38(40)46-39/h1-25H. The van der Waals surface area contributed by atoms with Crippen molar-refractivity contribution in [3.63, 3.8) is 0 Å². The molecule has 0 aliphatic carbocycles. The minimum Gasteiger partial charge on any atom is -0.292 e. The van der Waals surface area contributed by atoms with Crippen molar-refractivity contribution in [3.05, 3.63) is 152 Å². The van der Waals surface area contributed by atoms with Crippen LogP contribution in [0.25, 0.3) is 92.0 Å². The van der Waals surface area contributed by atoms with Gasteiger partial charge in [-0.2, -0.15) is 0 Å². The summed E-state index contributed by atoms with van der Waals surface area (Å²) in [4.78, 5) is 10.8. The van der Waals surface area contributed by atoms with Gasteiger partial charge in [0.2, 0.25) is 0 Å². The van der Waals surface area contributed by atoms with Crippen molar-refractivity contribution in [2.45, 2.75) is 0 Å². The third-order valence-electron chi connectivity index (χ3n) is 9.18. The number of hydrogen-bond acceptors (Lipinski definition) is 3. The van der Waals surface area contributed by atoms with Crippen LogP contribution in [0.5, 0.6) is 0 Å². The summed E-state index contributed by atoms with van der Waals surface area (Å²) in [7, 11) is 0. The first kappa shape index (κ1) is 25.5. The van der Waals surface area contributed by atoms with Gasteiger partial charge in [-0.1, -0.05) is 115 Å². The number of para-hydroxylation sites is 3. The molecule has 46 heavy (non-hydrogen) atoms. The smallest absolute Gasteiger partial charge is 0.165 e.